The Balaban J connectivity index is 3.58. The van der Waals surface area contributed by atoms with E-state index >= 15 is 0 Å². The van der Waals surface area contributed by atoms with Crippen LogP contribution in [0.3, 0.4) is 0 Å². The molecule has 4 heteroatoms. The van der Waals surface area contributed by atoms with Gasteiger partial charge in [-0.1, -0.05) is 26.7 Å². The summed E-state index contributed by atoms with van der Waals surface area (Å²) in [6, 6.07) is -0.103. The van der Waals surface area contributed by atoms with Gasteiger partial charge in [0.05, 0.1) is 6.04 Å². The van der Waals surface area contributed by atoms with Gasteiger partial charge in [-0.3, -0.25) is 5.43 Å². The molecule has 0 aromatic rings. The molecular formula is C11H26N2O2. The molecule has 0 aliphatic carbocycles. The molecule has 0 rings (SSSR count). The molecule has 3 atom stereocenters. The second-order valence-corrected chi connectivity index (χ2v) is 4.00. The molecular weight excluding hydrogens is 192 g/mol. The van der Waals surface area contributed by atoms with Crippen LogP contribution in [0.4, 0.5) is 0 Å². The van der Waals surface area contributed by atoms with E-state index < -0.39 is 6.29 Å². The van der Waals surface area contributed by atoms with Crippen LogP contribution in [0.2, 0.25) is 0 Å². The third-order valence-electron chi connectivity index (χ3n) is 2.66. The maximum Gasteiger partial charge on any atom is 0.170 e. The van der Waals surface area contributed by atoms with Gasteiger partial charge in [-0.15, -0.1) is 0 Å². The maximum atomic E-state index is 9.33. The fraction of sp³-hybridized carbons (Fsp3) is 1.00. The minimum absolute atomic E-state index is 0.103. The van der Waals surface area contributed by atoms with Gasteiger partial charge in [-0.05, 0) is 19.3 Å². The van der Waals surface area contributed by atoms with Gasteiger partial charge < -0.3 is 9.84 Å². The van der Waals surface area contributed by atoms with Crippen LogP contribution in [0.15, 0.2) is 0 Å². The summed E-state index contributed by atoms with van der Waals surface area (Å²) in [5, 5.41) is 9.33. The minimum atomic E-state index is -0.760. The van der Waals surface area contributed by atoms with E-state index in [1.54, 1.807) is 0 Å². The third-order valence-corrected chi connectivity index (χ3v) is 2.66. The number of methoxy groups -OCH3 is 1. The van der Waals surface area contributed by atoms with Crippen LogP contribution in [0.1, 0.15) is 40.0 Å². The lowest BCUT2D eigenvalue weighted by molar-refractivity contribution is -0.0956. The van der Waals surface area contributed by atoms with E-state index in [9.17, 15) is 5.11 Å². The Bertz CT molecular complexity index is 143. The molecule has 3 unspecified atom stereocenters. The summed E-state index contributed by atoms with van der Waals surface area (Å²) in [6.07, 6.45) is 2.88. The van der Waals surface area contributed by atoms with E-state index in [2.05, 4.69) is 24.7 Å². The molecule has 0 spiro atoms. The van der Waals surface area contributed by atoms with Gasteiger partial charge in [0.15, 0.2) is 6.29 Å². The van der Waals surface area contributed by atoms with Crippen molar-refractivity contribution < 1.29 is 9.84 Å². The van der Waals surface area contributed by atoms with Crippen LogP contribution in [0, 0.1) is 5.92 Å². The topological polar surface area (TPSA) is 53.5 Å². The Hall–Kier alpha value is -0.160. The molecule has 0 bridgehead atoms. The van der Waals surface area contributed by atoms with Gasteiger partial charge in [0, 0.05) is 13.7 Å². The lowest BCUT2D eigenvalue weighted by Gasteiger charge is -2.21. The highest BCUT2D eigenvalue weighted by atomic mass is 16.6. The molecule has 0 aromatic heterocycles. The second-order valence-electron chi connectivity index (χ2n) is 4.00. The average molecular weight is 218 g/mol. The van der Waals surface area contributed by atoms with Crippen LogP contribution in [0.25, 0.3) is 0 Å². The standard InChI is InChI=1S/C11H26N2O2/c1-5-7-10(6-2)8-12-13-9(3)11(14)15-4/h9-14H,5-8H2,1-4H3. The lowest BCUT2D eigenvalue weighted by atomic mass is 10.0. The van der Waals surface area contributed by atoms with Crippen molar-refractivity contribution in [2.45, 2.75) is 52.4 Å². The Morgan fingerprint density at radius 3 is 2.47 bits per heavy atom. The van der Waals surface area contributed by atoms with E-state index in [1.807, 2.05) is 6.92 Å². The van der Waals surface area contributed by atoms with Crippen molar-refractivity contribution in [2.75, 3.05) is 13.7 Å². The van der Waals surface area contributed by atoms with Gasteiger partial charge in [-0.25, -0.2) is 5.43 Å². The monoisotopic (exact) mass is 218 g/mol. The predicted octanol–water partition coefficient (Wildman–Crippen LogP) is 1.26. The van der Waals surface area contributed by atoms with Crippen LogP contribution < -0.4 is 10.9 Å². The van der Waals surface area contributed by atoms with Gasteiger partial charge in [0.2, 0.25) is 0 Å². The molecule has 0 saturated carbocycles. The number of aliphatic hydroxyl groups excluding tert-OH is 1. The second kappa shape index (κ2) is 9.09. The number of nitrogens with one attached hydrogen (secondary N) is 2. The number of rotatable bonds is 9. The highest BCUT2D eigenvalue weighted by Crippen LogP contribution is 2.08. The van der Waals surface area contributed by atoms with Gasteiger partial charge in [-0.2, -0.15) is 0 Å². The van der Waals surface area contributed by atoms with Crippen molar-refractivity contribution in [2.24, 2.45) is 5.92 Å². The summed E-state index contributed by atoms with van der Waals surface area (Å²) in [4.78, 5) is 0. The van der Waals surface area contributed by atoms with Gasteiger partial charge in [0.25, 0.3) is 0 Å². The highest BCUT2D eigenvalue weighted by Gasteiger charge is 2.12. The number of ether oxygens (including phenoxy) is 1. The fourth-order valence-electron chi connectivity index (χ4n) is 1.50. The molecule has 3 N–H and O–H groups in total. The van der Waals surface area contributed by atoms with E-state index in [-0.39, 0.29) is 6.04 Å². The van der Waals surface area contributed by atoms with Crippen LogP contribution in [-0.2, 0) is 4.74 Å². The zero-order chi connectivity index (χ0) is 11.7. The smallest absolute Gasteiger partial charge is 0.170 e. The zero-order valence-corrected chi connectivity index (χ0v) is 10.4. The van der Waals surface area contributed by atoms with E-state index in [0.717, 1.165) is 6.54 Å². The maximum absolute atomic E-state index is 9.33. The van der Waals surface area contributed by atoms with Crippen LogP contribution in [-0.4, -0.2) is 31.1 Å². The summed E-state index contributed by atoms with van der Waals surface area (Å²) in [5.41, 5.74) is 6.18. The molecule has 0 saturated heterocycles. The Kier molecular flexibility index (Phi) is 9.00. The molecule has 0 aliphatic heterocycles. The molecule has 0 fully saturated rings. The van der Waals surface area contributed by atoms with Crippen LogP contribution >= 0.6 is 0 Å². The molecule has 92 valence electrons. The molecule has 0 aromatic carbocycles. The first kappa shape index (κ1) is 14.8. The SMILES string of the molecule is CCCC(CC)CNNC(C)C(O)OC. The van der Waals surface area contributed by atoms with Crippen molar-refractivity contribution in [3.05, 3.63) is 0 Å². The largest absolute Gasteiger partial charge is 0.367 e. The normalized spacial score (nSPS) is 17.4. The summed E-state index contributed by atoms with van der Waals surface area (Å²) in [6.45, 7) is 7.22. The molecule has 0 amide bonds. The van der Waals surface area contributed by atoms with Crippen molar-refractivity contribution >= 4 is 0 Å². The van der Waals surface area contributed by atoms with E-state index in [1.165, 1.54) is 26.4 Å². The predicted molar refractivity (Wildman–Crippen MR) is 62.3 cm³/mol. The fourth-order valence-corrected chi connectivity index (χ4v) is 1.50. The first-order valence-corrected chi connectivity index (χ1v) is 5.84. The van der Waals surface area contributed by atoms with E-state index in [4.69, 9.17) is 4.74 Å². The summed E-state index contributed by atoms with van der Waals surface area (Å²) in [5.74, 6) is 0.703. The number of hydrogen-bond acceptors (Lipinski definition) is 4. The van der Waals surface area contributed by atoms with E-state index in [0.29, 0.717) is 5.92 Å². The van der Waals surface area contributed by atoms with Crippen molar-refractivity contribution in [3.63, 3.8) is 0 Å². The number of hydrazine groups is 1. The third kappa shape index (κ3) is 6.84. The molecule has 15 heavy (non-hydrogen) atoms. The summed E-state index contributed by atoms with van der Waals surface area (Å²) in [7, 11) is 1.49. The Morgan fingerprint density at radius 2 is 2.00 bits per heavy atom. The van der Waals surface area contributed by atoms with Crippen LogP contribution in [0.5, 0.6) is 0 Å². The Labute approximate surface area is 93.4 Å². The average Bonchev–Trinajstić information content (AvgIpc) is 2.26. The van der Waals surface area contributed by atoms with Crippen molar-refractivity contribution in [1.82, 2.24) is 10.9 Å². The molecule has 4 nitrogen and oxygen atoms in total. The van der Waals surface area contributed by atoms with Crippen molar-refractivity contribution in [3.8, 4) is 0 Å². The first-order chi connectivity index (χ1) is 7.15. The Morgan fingerprint density at radius 1 is 1.33 bits per heavy atom. The molecule has 0 radical (unpaired) electrons. The molecule has 0 heterocycles. The highest BCUT2D eigenvalue weighted by molar-refractivity contribution is 4.63. The lowest BCUT2D eigenvalue weighted by Crippen LogP contribution is -2.47. The summed E-state index contributed by atoms with van der Waals surface area (Å²) >= 11 is 0. The number of hydrogen-bond donors (Lipinski definition) is 3. The van der Waals surface area contributed by atoms with Gasteiger partial charge >= 0.3 is 0 Å². The van der Waals surface area contributed by atoms with Gasteiger partial charge in [0.1, 0.15) is 0 Å². The first-order valence-electron chi connectivity index (χ1n) is 5.84. The minimum Gasteiger partial charge on any atom is -0.367 e. The molecule has 0 aliphatic rings. The quantitative estimate of drug-likeness (QED) is 0.403. The van der Waals surface area contributed by atoms with Crippen molar-refractivity contribution in [1.29, 1.82) is 0 Å². The zero-order valence-electron chi connectivity index (χ0n) is 10.4. The number of aliphatic hydroxyl groups is 1. The summed E-state index contributed by atoms with van der Waals surface area (Å²) < 4.78 is 4.80.